The zero-order valence-corrected chi connectivity index (χ0v) is 10.5. The van der Waals surface area contributed by atoms with Crippen molar-refractivity contribution >= 4 is 5.69 Å². The van der Waals surface area contributed by atoms with E-state index < -0.39 is 0 Å². The van der Waals surface area contributed by atoms with Gasteiger partial charge in [-0.3, -0.25) is 0 Å². The second-order valence-electron chi connectivity index (χ2n) is 4.11. The number of methoxy groups -OCH3 is 1. The van der Waals surface area contributed by atoms with Gasteiger partial charge in [-0.05, 0) is 37.3 Å². The maximum Gasteiger partial charge on any atom is 0.124 e. The van der Waals surface area contributed by atoms with Crippen molar-refractivity contribution in [3.05, 3.63) is 59.9 Å². The maximum absolute atomic E-state index is 12.8. The summed E-state index contributed by atoms with van der Waals surface area (Å²) in [7, 11) is 1.66. The van der Waals surface area contributed by atoms with E-state index in [1.165, 1.54) is 12.1 Å². The quantitative estimate of drug-likeness (QED) is 0.878. The fourth-order valence-corrected chi connectivity index (χ4v) is 1.90. The van der Waals surface area contributed by atoms with E-state index in [-0.39, 0.29) is 11.9 Å². The average molecular weight is 245 g/mol. The minimum atomic E-state index is -0.231. The monoisotopic (exact) mass is 245 g/mol. The normalized spacial score (nSPS) is 11.9. The van der Waals surface area contributed by atoms with Gasteiger partial charge in [0.05, 0.1) is 13.2 Å². The van der Waals surface area contributed by atoms with Gasteiger partial charge in [-0.2, -0.15) is 0 Å². The van der Waals surface area contributed by atoms with Gasteiger partial charge in [-0.15, -0.1) is 0 Å². The minimum Gasteiger partial charge on any atom is -0.496 e. The van der Waals surface area contributed by atoms with Gasteiger partial charge < -0.3 is 10.1 Å². The molecule has 1 unspecified atom stereocenters. The van der Waals surface area contributed by atoms with Crippen LogP contribution in [0.2, 0.25) is 0 Å². The molecule has 0 aromatic heterocycles. The van der Waals surface area contributed by atoms with Crippen LogP contribution in [-0.4, -0.2) is 7.11 Å². The van der Waals surface area contributed by atoms with Crippen molar-refractivity contribution in [2.75, 3.05) is 12.4 Å². The minimum absolute atomic E-state index is 0.0895. The summed E-state index contributed by atoms with van der Waals surface area (Å²) in [6, 6.07) is 14.3. The first-order chi connectivity index (χ1) is 8.70. The molecule has 0 saturated carbocycles. The summed E-state index contributed by atoms with van der Waals surface area (Å²) in [5.74, 6) is 0.616. The van der Waals surface area contributed by atoms with E-state index in [1.807, 2.05) is 31.2 Å². The third-order valence-corrected chi connectivity index (χ3v) is 2.83. The van der Waals surface area contributed by atoms with Crippen molar-refractivity contribution in [3.63, 3.8) is 0 Å². The molecule has 2 aromatic rings. The van der Waals surface area contributed by atoms with Crippen LogP contribution in [0.5, 0.6) is 5.75 Å². The number of hydrogen-bond donors (Lipinski definition) is 1. The molecule has 0 bridgehead atoms. The lowest BCUT2D eigenvalue weighted by Crippen LogP contribution is -2.08. The Morgan fingerprint density at radius 3 is 2.39 bits per heavy atom. The largest absolute Gasteiger partial charge is 0.496 e. The molecule has 0 saturated heterocycles. The molecule has 2 nitrogen and oxygen atoms in total. The van der Waals surface area contributed by atoms with E-state index in [4.69, 9.17) is 4.74 Å². The number of halogens is 1. The number of anilines is 1. The number of benzene rings is 2. The third kappa shape index (κ3) is 2.80. The number of para-hydroxylation sites is 1. The highest BCUT2D eigenvalue weighted by Gasteiger charge is 2.10. The van der Waals surface area contributed by atoms with Crippen molar-refractivity contribution in [2.45, 2.75) is 13.0 Å². The molecule has 3 heteroatoms. The van der Waals surface area contributed by atoms with Gasteiger partial charge in [0.15, 0.2) is 0 Å². The van der Waals surface area contributed by atoms with Crippen LogP contribution >= 0.6 is 0 Å². The summed E-state index contributed by atoms with van der Waals surface area (Å²) in [5, 5.41) is 3.31. The highest BCUT2D eigenvalue weighted by Crippen LogP contribution is 2.27. The Kier molecular flexibility index (Phi) is 3.82. The Balaban J connectivity index is 2.16. The first-order valence-electron chi connectivity index (χ1n) is 5.85. The summed E-state index contributed by atoms with van der Waals surface area (Å²) >= 11 is 0. The summed E-state index contributed by atoms with van der Waals surface area (Å²) in [6.45, 7) is 2.04. The Morgan fingerprint density at radius 1 is 1.06 bits per heavy atom. The Hall–Kier alpha value is -2.03. The lowest BCUT2D eigenvalue weighted by atomic mass is 10.1. The van der Waals surface area contributed by atoms with Crippen LogP contribution in [-0.2, 0) is 0 Å². The standard InChI is InChI=1S/C15H16FNO/c1-11(14-5-3-4-6-15(14)18-2)17-13-9-7-12(16)8-10-13/h3-11,17H,1-2H3. The van der Waals surface area contributed by atoms with Gasteiger partial charge >= 0.3 is 0 Å². The summed E-state index contributed by atoms with van der Waals surface area (Å²) in [6.07, 6.45) is 0. The summed E-state index contributed by atoms with van der Waals surface area (Å²) < 4.78 is 18.1. The maximum atomic E-state index is 12.8. The lowest BCUT2D eigenvalue weighted by molar-refractivity contribution is 0.408. The molecule has 0 aliphatic carbocycles. The first kappa shape index (κ1) is 12.4. The van der Waals surface area contributed by atoms with E-state index in [1.54, 1.807) is 19.2 Å². The van der Waals surface area contributed by atoms with Crippen LogP contribution in [0.1, 0.15) is 18.5 Å². The highest BCUT2D eigenvalue weighted by atomic mass is 19.1. The van der Waals surface area contributed by atoms with Crippen LogP contribution in [0, 0.1) is 5.82 Å². The molecular weight excluding hydrogens is 229 g/mol. The van der Waals surface area contributed by atoms with Gasteiger partial charge in [0.25, 0.3) is 0 Å². The molecule has 0 spiro atoms. The van der Waals surface area contributed by atoms with Gasteiger partial charge in [0, 0.05) is 11.3 Å². The van der Waals surface area contributed by atoms with Crippen LogP contribution < -0.4 is 10.1 Å². The van der Waals surface area contributed by atoms with Crippen molar-refractivity contribution in [3.8, 4) is 5.75 Å². The summed E-state index contributed by atoms with van der Waals surface area (Å²) in [4.78, 5) is 0. The molecule has 94 valence electrons. The molecular formula is C15H16FNO. The molecule has 0 aliphatic heterocycles. The molecule has 0 heterocycles. The second-order valence-corrected chi connectivity index (χ2v) is 4.11. The Morgan fingerprint density at radius 2 is 1.72 bits per heavy atom. The van der Waals surface area contributed by atoms with Gasteiger partial charge in [0.2, 0.25) is 0 Å². The van der Waals surface area contributed by atoms with E-state index >= 15 is 0 Å². The van der Waals surface area contributed by atoms with Gasteiger partial charge in [0.1, 0.15) is 11.6 Å². The van der Waals surface area contributed by atoms with Gasteiger partial charge in [-0.25, -0.2) is 4.39 Å². The first-order valence-corrected chi connectivity index (χ1v) is 5.85. The number of rotatable bonds is 4. The molecule has 2 rings (SSSR count). The molecule has 0 fully saturated rings. The van der Waals surface area contributed by atoms with Crippen molar-refractivity contribution in [1.82, 2.24) is 0 Å². The van der Waals surface area contributed by atoms with E-state index in [0.29, 0.717) is 0 Å². The highest BCUT2D eigenvalue weighted by molar-refractivity contribution is 5.47. The van der Waals surface area contributed by atoms with Crippen LogP contribution in [0.3, 0.4) is 0 Å². The molecule has 0 amide bonds. The molecule has 0 aliphatic rings. The number of ether oxygens (including phenoxy) is 1. The van der Waals surface area contributed by atoms with Crippen LogP contribution in [0.4, 0.5) is 10.1 Å². The zero-order valence-electron chi connectivity index (χ0n) is 10.5. The van der Waals surface area contributed by atoms with Gasteiger partial charge in [-0.1, -0.05) is 18.2 Å². The SMILES string of the molecule is COc1ccccc1C(C)Nc1ccc(F)cc1. The Bertz CT molecular complexity index is 510. The second kappa shape index (κ2) is 5.54. The van der Waals surface area contributed by atoms with Crippen molar-refractivity contribution in [2.24, 2.45) is 0 Å². The molecule has 0 radical (unpaired) electrons. The average Bonchev–Trinajstić information content (AvgIpc) is 2.41. The molecule has 1 N–H and O–H groups in total. The smallest absolute Gasteiger partial charge is 0.124 e. The fraction of sp³-hybridized carbons (Fsp3) is 0.200. The summed E-state index contributed by atoms with van der Waals surface area (Å²) in [5.41, 5.74) is 1.96. The van der Waals surface area contributed by atoms with Crippen molar-refractivity contribution < 1.29 is 9.13 Å². The molecule has 2 aromatic carbocycles. The zero-order chi connectivity index (χ0) is 13.0. The van der Waals surface area contributed by atoms with E-state index in [0.717, 1.165) is 17.0 Å². The predicted octanol–water partition coefficient (Wildman–Crippen LogP) is 4.01. The molecule has 18 heavy (non-hydrogen) atoms. The number of nitrogens with one attached hydrogen (secondary N) is 1. The molecule has 1 atom stereocenters. The fourth-order valence-electron chi connectivity index (χ4n) is 1.90. The van der Waals surface area contributed by atoms with Crippen LogP contribution in [0.15, 0.2) is 48.5 Å². The van der Waals surface area contributed by atoms with E-state index in [9.17, 15) is 4.39 Å². The lowest BCUT2D eigenvalue weighted by Gasteiger charge is -2.18. The predicted molar refractivity (Wildman–Crippen MR) is 71.4 cm³/mol. The topological polar surface area (TPSA) is 21.3 Å². The van der Waals surface area contributed by atoms with Crippen molar-refractivity contribution in [1.29, 1.82) is 0 Å². The Labute approximate surface area is 106 Å². The van der Waals surface area contributed by atoms with Crippen LogP contribution in [0.25, 0.3) is 0 Å². The number of hydrogen-bond acceptors (Lipinski definition) is 2. The third-order valence-electron chi connectivity index (χ3n) is 2.83. The van der Waals surface area contributed by atoms with E-state index in [2.05, 4.69) is 5.32 Å².